The van der Waals surface area contributed by atoms with Gasteiger partial charge in [0.2, 0.25) is 5.91 Å². The van der Waals surface area contributed by atoms with Crippen LogP contribution in [-0.2, 0) is 29.3 Å². The third kappa shape index (κ3) is 9.47. The predicted molar refractivity (Wildman–Crippen MR) is 185 cm³/mol. The van der Waals surface area contributed by atoms with E-state index < -0.39 is 28.1 Å². The second kappa shape index (κ2) is 18.0. The molecular formula is C35H44N8O7. The average Bonchev–Trinajstić information content (AvgIpc) is 3.14. The minimum Gasteiger partial charge on any atom is -0.465 e. The fourth-order valence-corrected chi connectivity index (χ4v) is 6.30. The lowest BCUT2D eigenvalue weighted by atomic mass is 9.72. The lowest BCUT2D eigenvalue weighted by Crippen LogP contribution is -2.52. The number of carbonyl (C=O) groups excluding carboxylic acids is 3. The molecule has 2 aromatic carbocycles. The Bertz CT molecular complexity index is 1620. The standard InChI is InChI=1S/C35H44N8O7/c1-3-29-20-26(25-10-12-30(13-11-25)43(47)48)21-31(39-29)33(45)42(24-49-19-16-38-40-37)23-27(32(36)44)22-41-17-14-35(15-18-41,34(46)50-4-2)28-8-6-5-7-9-28/h5-13,20-21,26-27,39H,3-4,14-19,22-24H2,1-2H3,(H2,36,44). The van der Waals surface area contributed by atoms with Gasteiger partial charge in [0.1, 0.15) is 12.4 Å². The molecule has 2 aromatic rings. The molecule has 0 aliphatic carbocycles. The van der Waals surface area contributed by atoms with E-state index in [1.54, 1.807) is 25.1 Å². The molecular weight excluding hydrogens is 644 g/mol. The molecule has 3 N–H and O–H groups in total. The summed E-state index contributed by atoms with van der Waals surface area (Å²) in [7, 11) is 0. The zero-order chi connectivity index (χ0) is 36.1. The summed E-state index contributed by atoms with van der Waals surface area (Å²) < 4.78 is 11.2. The fourth-order valence-electron chi connectivity index (χ4n) is 6.30. The van der Waals surface area contributed by atoms with Crippen LogP contribution in [0.4, 0.5) is 5.69 Å². The van der Waals surface area contributed by atoms with Crippen LogP contribution in [0.1, 0.15) is 50.2 Å². The maximum absolute atomic E-state index is 14.1. The first-order chi connectivity index (χ1) is 24.1. The number of amides is 2. The van der Waals surface area contributed by atoms with Crippen molar-refractivity contribution in [2.75, 3.05) is 52.7 Å². The number of esters is 1. The van der Waals surface area contributed by atoms with E-state index in [9.17, 15) is 24.5 Å². The number of nitrogens with zero attached hydrogens (tertiary/aromatic N) is 6. The first-order valence-corrected chi connectivity index (χ1v) is 16.7. The minimum atomic E-state index is -0.804. The van der Waals surface area contributed by atoms with E-state index in [-0.39, 0.29) is 62.9 Å². The second-order valence-electron chi connectivity index (χ2n) is 12.2. The Morgan fingerprint density at radius 2 is 1.84 bits per heavy atom. The number of likely N-dealkylation sites (tertiary alicyclic amines) is 1. The Labute approximate surface area is 290 Å². The number of nitrogens with one attached hydrogen (secondary N) is 1. The van der Waals surface area contributed by atoms with Crippen LogP contribution in [0, 0.1) is 16.0 Å². The molecule has 2 aliphatic rings. The van der Waals surface area contributed by atoms with Crippen LogP contribution in [0.3, 0.4) is 0 Å². The number of hydrogen-bond acceptors (Lipinski definition) is 10. The lowest BCUT2D eigenvalue weighted by Gasteiger charge is -2.41. The smallest absolute Gasteiger partial charge is 0.316 e. The van der Waals surface area contributed by atoms with Gasteiger partial charge in [-0.05, 0) is 62.0 Å². The van der Waals surface area contributed by atoms with E-state index in [0.29, 0.717) is 32.4 Å². The van der Waals surface area contributed by atoms with E-state index in [1.807, 2.05) is 43.3 Å². The van der Waals surface area contributed by atoms with Crippen molar-refractivity contribution < 1.29 is 28.8 Å². The van der Waals surface area contributed by atoms with Crippen molar-refractivity contribution in [3.8, 4) is 0 Å². The number of nitrogens with two attached hydrogens (primary N) is 1. The summed E-state index contributed by atoms with van der Waals surface area (Å²) >= 11 is 0. The highest BCUT2D eigenvalue weighted by molar-refractivity contribution is 5.94. The van der Waals surface area contributed by atoms with Gasteiger partial charge in [-0.2, -0.15) is 0 Å². The summed E-state index contributed by atoms with van der Waals surface area (Å²) in [4.78, 5) is 57.2. The van der Waals surface area contributed by atoms with Crippen LogP contribution >= 0.6 is 0 Å². The molecule has 0 aromatic heterocycles. The summed E-state index contributed by atoms with van der Waals surface area (Å²) in [5.74, 6) is -2.42. The molecule has 2 aliphatic heterocycles. The highest BCUT2D eigenvalue weighted by Crippen LogP contribution is 2.37. The number of nitro benzene ring substituents is 1. The van der Waals surface area contributed by atoms with Gasteiger partial charge in [0.05, 0.1) is 29.5 Å². The Hall–Kier alpha value is -5.24. The Morgan fingerprint density at radius 1 is 1.14 bits per heavy atom. The molecule has 0 saturated carbocycles. The number of non-ortho nitro benzene ring substituents is 1. The number of ether oxygens (including phenoxy) is 2. The molecule has 2 unspecified atom stereocenters. The quantitative estimate of drug-likeness (QED) is 0.0355. The summed E-state index contributed by atoms with van der Waals surface area (Å²) in [5, 5.41) is 17.8. The van der Waals surface area contributed by atoms with E-state index in [0.717, 1.165) is 16.8 Å². The molecule has 0 radical (unpaired) electrons. The third-order valence-electron chi connectivity index (χ3n) is 9.08. The second-order valence-corrected chi connectivity index (χ2v) is 12.2. The zero-order valence-electron chi connectivity index (χ0n) is 28.4. The molecule has 1 fully saturated rings. The highest BCUT2D eigenvalue weighted by atomic mass is 16.6. The fraction of sp³-hybridized carbons (Fsp3) is 0.457. The Kier molecular flexibility index (Phi) is 13.5. The molecule has 2 atom stereocenters. The molecule has 1 saturated heterocycles. The number of rotatable bonds is 17. The molecule has 2 amide bonds. The summed E-state index contributed by atoms with van der Waals surface area (Å²) in [6, 6.07) is 15.7. The molecule has 0 spiro atoms. The number of benzene rings is 2. The van der Waals surface area contributed by atoms with Gasteiger partial charge >= 0.3 is 5.97 Å². The highest BCUT2D eigenvalue weighted by Gasteiger charge is 2.44. The monoisotopic (exact) mass is 688 g/mol. The van der Waals surface area contributed by atoms with Crippen molar-refractivity contribution in [1.82, 2.24) is 15.1 Å². The van der Waals surface area contributed by atoms with E-state index in [1.165, 1.54) is 17.0 Å². The summed E-state index contributed by atoms with van der Waals surface area (Å²) in [5.41, 5.74) is 16.4. The third-order valence-corrected chi connectivity index (χ3v) is 9.08. The SMILES string of the molecule is CCOC(=O)C1(c2ccccc2)CCN(CC(CN(COCCN=[N+]=[N-])C(=O)C2=CC(c3ccc([N+](=O)[O-])cc3)C=C(CC)N2)C(N)=O)CC1. The van der Waals surface area contributed by atoms with Crippen molar-refractivity contribution in [2.45, 2.75) is 44.4 Å². The van der Waals surface area contributed by atoms with Crippen molar-refractivity contribution in [3.63, 3.8) is 0 Å². The number of nitro groups is 1. The number of allylic oxidation sites excluding steroid dienone is 3. The maximum Gasteiger partial charge on any atom is 0.316 e. The van der Waals surface area contributed by atoms with E-state index in [4.69, 9.17) is 20.7 Å². The minimum absolute atomic E-state index is 0.0374. The van der Waals surface area contributed by atoms with Crippen LogP contribution in [0.15, 0.2) is 83.3 Å². The van der Waals surface area contributed by atoms with Gasteiger partial charge in [-0.15, -0.1) is 0 Å². The molecule has 0 bridgehead atoms. The predicted octanol–water partition coefficient (Wildman–Crippen LogP) is 4.27. The summed E-state index contributed by atoms with van der Waals surface area (Å²) in [6.45, 7) is 5.10. The number of hydrogen-bond donors (Lipinski definition) is 2. The number of azide groups is 1. The van der Waals surface area contributed by atoms with Crippen LogP contribution in [-0.4, -0.2) is 85.2 Å². The molecule has 15 nitrogen and oxygen atoms in total. The van der Waals surface area contributed by atoms with Gasteiger partial charge in [0.25, 0.3) is 11.6 Å². The van der Waals surface area contributed by atoms with Gasteiger partial charge in [0.15, 0.2) is 0 Å². The van der Waals surface area contributed by atoms with Crippen LogP contribution in [0.25, 0.3) is 10.4 Å². The van der Waals surface area contributed by atoms with Crippen molar-refractivity contribution in [2.24, 2.45) is 16.8 Å². The largest absolute Gasteiger partial charge is 0.465 e. The lowest BCUT2D eigenvalue weighted by molar-refractivity contribution is -0.384. The number of piperidine rings is 1. The Balaban J connectivity index is 1.53. The van der Waals surface area contributed by atoms with Crippen molar-refractivity contribution >= 4 is 23.5 Å². The molecule has 266 valence electrons. The van der Waals surface area contributed by atoms with Gasteiger partial charge in [0, 0.05) is 48.3 Å². The number of carbonyl (C=O) groups is 3. The molecule has 50 heavy (non-hydrogen) atoms. The zero-order valence-corrected chi connectivity index (χ0v) is 28.4. The van der Waals surface area contributed by atoms with E-state index >= 15 is 0 Å². The maximum atomic E-state index is 14.1. The van der Waals surface area contributed by atoms with Gasteiger partial charge in [-0.1, -0.05) is 60.6 Å². The van der Waals surface area contributed by atoms with Crippen LogP contribution in [0.2, 0.25) is 0 Å². The van der Waals surface area contributed by atoms with Crippen LogP contribution in [0.5, 0.6) is 0 Å². The topological polar surface area (TPSA) is 206 Å². The van der Waals surface area contributed by atoms with Gasteiger partial charge in [-0.3, -0.25) is 24.5 Å². The first-order valence-electron chi connectivity index (χ1n) is 16.7. The van der Waals surface area contributed by atoms with Gasteiger partial charge in [-0.25, -0.2) is 0 Å². The van der Waals surface area contributed by atoms with Crippen molar-refractivity contribution in [3.05, 3.63) is 110 Å². The normalized spacial score (nSPS) is 17.6. The van der Waals surface area contributed by atoms with Crippen molar-refractivity contribution in [1.29, 1.82) is 0 Å². The summed E-state index contributed by atoms with van der Waals surface area (Å²) in [6.07, 6.45) is 5.25. The van der Waals surface area contributed by atoms with E-state index in [2.05, 4.69) is 20.2 Å². The molecule has 2 heterocycles. The van der Waals surface area contributed by atoms with Crippen LogP contribution < -0.4 is 11.1 Å². The number of primary amides is 1. The first kappa shape index (κ1) is 37.6. The van der Waals surface area contributed by atoms with Gasteiger partial charge < -0.3 is 30.3 Å². The Morgan fingerprint density at radius 3 is 2.44 bits per heavy atom. The number of dihydropyridines is 1. The average molecular weight is 689 g/mol. The molecule has 15 heteroatoms. The molecule has 4 rings (SSSR count).